The fourth-order valence-electron chi connectivity index (χ4n) is 9.11. The molecule has 0 unspecified atom stereocenters. The van der Waals surface area contributed by atoms with Gasteiger partial charge in [-0.1, -0.05) is 122 Å². The van der Waals surface area contributed by atoms with Crippen molar-refractivity contribution in [3.63, 3.8) is 0 Å². The molecule has 3 heterocycles. The summed E-state index contributed by atoms with van der Waals surface area (Å²) in [4.78, 5) is 64.0. The van der Waals surface area contributed by atoms with E-state index >= 15 is 14.4 Å². The highest BCUT2D eigenvalue weighted by atomic mass is 127. The number of morpholine rings is 1. The molecular formula is C47H42IN3O8. The molecule has 59 heavy (non-hydrogen) atoms. The molecule has 0 radical (unpaired) electrons. The van der Waals surface area contributed by atoms with E-state index in [0.717, 1.165) is 19.6 Å². The van der Waals surface area contributed by atoms with Gasteiger partial charge in [0.2, 0.25) is 5.91 Å². The molecular weight excluding hydrogens is 861 g/mol. The van der Waals surface area contributed by atoms with Crippen LogP contribution in [-0.4, -0.2) is 59.7 Å². The zero-order valence-corrected chi connectivity index (χ0v) is 34.3. The second-order valence-corrected chi connectivity index (χ2v) is 15.9. The maximum atomic E-state index is 16.2. The van der Waals surface area contributed by atoms with Crippen molar-refractivity contribution >= 4 is 52.2 Å². The molecule has 3 aliphatic rings. The van der Waals surface area contributed by atoms with Gasteiger partial charge in [-0.05, 0) is 76.0 Å². The lowest BCUT2D eigenvalue weighted by Gasteiger charge is -2.46. The van der Waals surface area contributed by atoms with E-state index in [4.69, 9.17) is 14.2 Å². The third-order valence-electron chi connectivity index (χ3n) is 11.4. The van der Waals surface area contributed by atoms with E-state index in [1.54, 1.807) is 42.5 Å². The van der Waals surface area contributed by atoms with Crippen molar-refractivity contribution in [3.05, 3.63) is 178 Å². The van der Waals surface area contributed by atoms with Crippen LogP contribution in [0.2, 0.25) is 0 Å². The number of urea groups is 1. The van der Waals surface area contributed by atoms with Gasteiger partial charge in [-0.3, -0.25) is 19.3 Å². The number of nitrogens with zero attached hydrogens (tertiary/aromatic N) is 2. The number of nitrogens with one attached hydrogen (secondary N) is 1. The van der Waals surface area contributed by atoms with E-state index in [1.165, 1.54) is 6.08 Å². The Balaban J connectivity index is 1.44. The molecule has 0 aliphatic carbocycles. The molecule has 8 rings (SSSR count). The molecule has 2 N–H and O–H groups in total. The zero-order valence-electron chi connectivity index (χ0n) is 32.1. The van der Waals surface area contributed by atoms with Crippen LogP contribution in [0.15, 0.2) is 146 Å². The first-order valence-corrected chi connectivity index (χ1v) is 20.5. The number of esters is 2. The Hall–Kier alpha value is -5.83. The van der Waals surface area contributed by atoms with Gasteiger partial charge in [-0.2, -0.15) is 0 Å². The number of carbonyl (C=O) groups excluding carboxylic acids is 4. The summed E-state index contributed by atoms with van der Waals surface area (Å²) in [6, 6.07) is 36.1. The second kappa shape index (κ2) is 16.8. The van der Waals surface area contributed by atoms with Gasteiger partial charge in [0.15, 0.2) is 0 Å². The van der Waals surface area contributed by atoms with Gasteiger partial charge in [0.05, 0.1) is 30.4 Å². The van der Waals surface area contributed by atoms with Gasteiger partial charge in [0.25, 0.3) is 0 Å². The van der Waals surface area contributed by atoms with Crippen LogP contribution >= 0.6 is 22.6 Å². The van der Waals surface area contributed by atoms with E-state index < -0.39 is 65.5 Å². The second-order valence-electron chi connectivity index (χ2n) is 14.7. The summed E-state index contributed by atoms with van der Waals surface area (Å²) in [6.45, 7) is 5.00. The van der Waals surface area contributed by atoms with Crippen LogP contribution in [0, 0.1) is 9.49 Å². The molecule has 11 nitrogen and oxygen atoms in total. The Morgan fingerprint density at radius 3 is 2.22 bits per heavy atom. The lowest BCUT2D eigenvalue weighted by atomic mass is 9.65. The normalized spacial score (nSPS) is 23.8. The minimum atomic E-state index is -1.98. The van der Waals surface area contributed by atoms with Crippen LogP contribution in [0.3, 0.4) is 0 Å². The third kappa shape index (κ3) is 6.88. The molecule has 5 aromatic rings. The predicted molar refractivity (Wildman–Crippen MR) is 228 cm³/mol. The van der Waals surface area contributed by atoms with Crippen molar-refractivity contribution < 1.29 is 38.5 Å². The highest BCUT2D eigenvalue weighted by molar-refractivity contribution is 14.1. The molecule has 3 aliphatic heterocycles. The monoisotopic (exact) mass is 903 g/mol. The topological polar surface area (TPSA) is 135 Å². The van der Waals surface area contributed by atoms with Gasteiger partial charge in [0, 0.05) is 9.13 Å². The minimum Gasteiger partial charge on any atom is -0.491 e. The van der Waals surface area contributed by atoms with E-state index in [0.29, 0.717) is 22.4 Å². The summed E-state index contributed by atoms with van der Waals surface area (Å²) >= 11 is 2.15. The molecule has 5 aromatic carbocycles. The number of ether oxygens (including phenoxy) is 3. The minimum absolute atomic E-state index is 0.0733. The van der Waals surface area contributed by atoms with Crippen LogP contribution in [0.25, 0.3) is 0 Å². The molecule has 0 saturated carbocycles. The van der Waals surface area contributed by atoms with E-state index in [9.17, 15) is 9.90 Å². The molecule has 300 valence electrons. The number of aliphatic hydroxyl groups excluding tert-OH is 1. The third-order valence-corrected chi connectivity index (χ3v) is 12.1. The Labute approximate surface area is 355 Å². The number of benzene rings is 5. The summed E-state index contributed by atoms with van der Waals surface area (Å²) < 4.78 is 19.3. The predicted octanol–water partition coefficient (Wildman–Crippen LogP) is 7.53. The Bertz CT molecular complexity index is 2380. The number of hydrogen-bond acceptors (Lipinski definition) is 9. The number of imide groups is 1. The van der Waals surface area contributed by atoms with E-state index in [-0.39, 0.29) is 25.5 Å². The fourth-order valence-corrected chi connectivity index (χ4v) is 9.61. The van der Waals surface area contributed by atoms with Gasteiger partial charge >= 0.3 is 18.0 Å². The van der Waals surface area contributed by atoms with Crippen molar-refractivity contribution in [3.8, 4) is 5.75 Å². The van der Waals surface area contributed by atoms with Crippen LogP contribution in [-0.2, 0) is 29.3 Å². The van der Waals surface area contributed by atoms with Gasteiger partial charge < -0.3 is 24.6 Å². The highest BCUT2D eigenvalue weighted by Crippen LogP contribution is 2.66. The number of halogens is 1. The summed E-state index contributed by atoms with van der Waals surface area (Å²) in [5, 5.41) is 13.0. The number of carbonyl (C=O) groups is 4. The van der Waals surface area contributed by atoms with E-state index in [1.807, 2.05) is 103 Å². The van der Waals surface area contributed by atoms with Gasteiger partial charge in [-0.25, -0.2) is 9.69 Å². The van der Waals surface area contributed by atoms with Gasteiger partial charge in [-0.15, -0.1) is 0 Å². The summed E-state index contributed by atoms with van der Waals surface area (Å²) in [6.07, 6.45) is 0.524. The van der Waals surface area contributed by atoms with Crippen molar-refractivity contribution in [2.75, 3.05) is 24.7 Å². The first kappa shape index (κ1) is 40.0. The average molecular weight is 904 g/mol. The molecule has 0 aromatic heterocycles. The molecule has 2 saturated heterocycles. The maximum Gasteiger partial charge on any atom is 0.329 e. The number of rotatable bonds is 11. The number of aliphatic hydroxyl groups is 1. The standard InChI is InChI=1S/C47H42IN3O8/c1-3-26-58-43(53)38-40-44(54)59-41(32-19-11-6-12-20-32)39(31-17-9-5-10-18-31)51(40)42(34-21-13-14-22-37(34)57-27-25-52)47(38)35-28-33(48)23-24-36(35)50(45(47)55)46(56)49-29(2)30-15-7-4-8-16-30/h3-24,28-29,38-42,52H,1,25-27H2,2H3,(H,49,56)/t29-,38-,39-,40-,41+,42+,47-/m1/s1. The Kier molecular flexibility index (Phi) is 11.4. The molecule has 7 atom stereocenters. The average Bonchev–Trinajstić information content (AvgIpc) is 3.71. The van der Waals surface area contributed by atoms with Crippen LogP contribution < -0.4 is 15.0 Å². The SMILES string of the molecule is C=CCOC(=O)[C@H]1[C@@H]2C(=O)O[C@@H](c3ccccc3)[C@@H](c3ccccc3)N2[C@@H](c2ccccc2OCCO)[C@]12C(=O)N(C(=O)N[C@H](C)c1ccccc1)c1ccc(I)cc12. The smallest absolute Gasteiger partial charge is 0.329 e. The molecule has 2 fully saturated rings. The van der Waals surface area contributed by atoms with Gasteiger partial charge in [0.1, 0.15) is 42.4 Å². The summed E-state index contributed by atoms with van der Waals surface area (Å²) in [5.74, 6) is -3.51. The number of amides is 3. The fraction of sp³-hybridized carbons (Fsp3) is 0.234. The Morgan fingerprint density at radius 1 is 0.898 bits per heavy atom. The van der Waals surface area contributed by atoms with Crippen molar-refractivity contribution in [2.24, 2.45) is 5.92 Å². The van der Waals surface area contributed by atoms with Crippen molar-refractivity contribution in [1.29, 1.82) is 0 Å². The number of hydrogen-bond donors (Lipinski definition) is 2. The lowest BCUT2D eigenvalue weighted by molar-refractivity contribution is -0.180. The number of cyclic esters (lactones) is 1. The highest BCUT2D eigenvalue weighted by Gasteiger charge is 2.76. The largest absolute Gasteiger partial charge is 0.491 e. The number of para-hydroxylation sites is 1. The summed E-state index contributed by atoms with van der Waals surface area (Å²) in [5.41, 5.74) is 1.39. The summed E-state index contributed by atoms with van der Waals surface area (Å²) in [7, 11) is 0. The quantitative estimate of drug-likeness (QED) is 0.0784. The van der Waals surface area contributed by atoms with Crippen LogP contribution in [0.4, 0.5) is 10.5 Å². The molecule has 0 bridgehead atoms. The first-order valence-electron chi connectivity index (χ1n) is 19.4. The first-order chi connectivity index (χ1) is 28.7. The number of anilines is 1. The maximum absolute atomic E-state index is 16.2. The molecule has 3 amide bonds. The van der Waals surface area contributed by atoms with E-state index in [2.05, 4.69) is 34.5 Å². The lowest BCUT2D eigenvalue weighted by Crippen LogP contribution is -2.54. The van der Waals surface area contributed by atoms with Crippen molar-refractivity contribution in [1.82, 2.24) is 10.2 Å². The molecule has 12 heteroatoms. The van der Waals surface area contributed by atoms with Crippen molar-refractivity contribution in [2.45, 2.75) is 42.6 Å². The molecule has 1 spiro atoms. The Morgan fingerprint density at radius 2 is 1.54 bits per heavy atom. The van der Waals surface area contributed by atoms with Crippen LogP contribution in [0.5, 0.6) is 5.75 Å². The van der Waals surface area contributed by atoms with Crippen LogP contribution in [0.1, 0.15) is 59.0 Å². The zero-order chi connectivity index (χ0) is 41.3. The number of fused-ring (bicyclic) bond motifs is 3.